The summed E-state index contributed by atoms with van der Waals surface area (Å²) in [6.45, 7) is 8.13. The van der Waals surface area contributed by atoms with E-state index in [1.807, 2.05) is 11.3 Å². The van der Waals surface area contributed by atoms with Gasteiger partial charge in [-0.25, -0.2) is 4.98 Å². The second kappa shape index (κ2) is 7.96. The largest absolute Gasteiger partial charge is 0.383 e. The summed E-state index contributed by atoms with van der Waals surface area (Å²) in [6, 6.07) is 0.684. The lowest BCUT2D eigenvalue weighted by atomic mass is 10.0. The number of hydrogen-bond acceptors (Lipinski definition) is 5. The second-order valence-electron chi connectivity index (χ2n) is 5.43. The zero-order chi connectivity index (χ0) is 14.4. The lowest BCUT2D eigenvalue weighted by Crippen LogP contribution is -2.39. The van der Waals surface area contributed by atoms with Crippen molar-refractivity contribution in [2.45, 2.75) is 52.1 Å². The van der Waals surface area contributed by atoms with Crippen molar-refractivity contribution >= 4 is 16.5 Å². The predicted molar refractivity (Wildman–Crippen MR) is 85.7 cm³/mol. The number of anilines is 1. The topological polar surface area (TPSA) is 37.4 Å². The Morgan fingerprint density at radius 2 is 2.30 bits per heavy atom. The fourth-order valence-corrected chi connectivity index (χ4v) is 3.88. The number of aryl methyl sites for hydroxylation is 1. The van der Waals surface area contributed by atoms with Crippen molar-refractivity contribution in [3.8, 4) is 0 Å². The number of ether oxygens (including phenoxy) is 1. The molecule has 1 saturated heterocycles. The van der Waals surface area contributed by atoms with Crippen molar-refractivity contribution in [3.63, 3.8) is 0 Å². The molecule has 1 fully saturated rings. The Labute approximate surface area is 126 Å². The molecule has 0 saturated carbocycles. The van der Waals surface area contributed by atoms with Crippen LogP contribution in [0.3, 0.4) is 0 Å². The molecule has 114 valence electrons. The van der Waals surface area contributed by atoms with Gasteiger partial charge >= 0.3 is 0 Å². The maximum absolute atomic E-state index is 5.06. The predicted octanol–water partition coefficient (Wildman–Crippen LogP) is 2.96. The number of piperidine rings is 1. The molecule has 0 aromatic carbocycles. The standard InChI is InChI=1S/C15H27N3OS/c1-4-13-7-5-6-9-18(13)15-17-12(2)14(20-15)11-16-8-10-19-3/h13,16H,4-11H2,1-3H3. The van der Waals surface area contributed by atoms with E-state index >= 15 is 0 Å². The van der Waals surface area contributed by atoms with Gasteiger partial charge in [-0.3, -0.25) is 0 Å². The first-order valence-electron chi connectivity index (χ1n) is 7.68. The van der Waals surface area contributed by atoms with Gasteiger partial charge in [0.25, 0.3) is 0 Å². The molecule has 0 amide bonds. The second-order valence-corrected chi connectivity index (χ2v) is 6.49. The van der Waals surface area contributed by atoms with Crippen LogP contribution in [0.25, 0.3) is 0 Å². The Kier molecular flexibility index (Phi) is 6.26. The summed E-state index contributed by atoms with van der Waals surface area (Å²) in [5, 5.41) is 4.63. The average Bonchev–Trinajstić information content (AvgIpc) is 2.85. The first-order chi connectivity index (χ1) is 9.76. The zero-order valence-electron chi connectivity index (χ0n) is 12.9. The maximum Gasteiger partial charge on any atom is 0.186 e. The summed E-state index contributed by atoms with van der Waals surface area (Å²) in [6.07, 6.45) is 5.21. The number of nitrogens with one attached hydrogen (secondary N) is 1. The van der Waals surface area contributed by atoms with Gasteiger partial charge in [0.2, 0.25) is 0 Å². The Morgan fingerprint density at radius 3 is 3.05 bits per heavy atom. The molecule has 1 aliphatic heterocycles. The van der Waals surface area contributed by atoms with Gasteiger partial charge in [0.15, 0.2) is 5.13 Å². The Hall–Kier alpha value is -0.650. The van der Waals surface area contributed by atoms with Crippen molar-refractivity contribution in [2.24, 2.45) is 0 Å². The molecule has 1 N–H and O–H groups in total. The van der Waals surface area contributed by atoms with E-state index in [2.05, 4.69) is 24.1 Å². The highest BCUT2D eigenvalue weighted by Gasteiger charge is 2.24. The highest BCUT2D eigenvalue weighted by molar-refractivity contribution is 7.15. The molecule has 2 rings (SSSR count). The first-order valence-corrected chi connectivity index (χ1v) is 8.50. The van der Waals surface area contributed by atoms with Crippen LogP contribution >= 0.6 is 11.3 Å². The van der Waals surface area contributed by atoms with Gasteiger partial charge < -0.3 is 15.0 Å². The van der Waals surface area contributed by atoms with E-state index in [1.54, 1.807) is 7.11 Å². The van der Waals surface area contributed by atoms with E-state index in [1.165, 1.54) is 47.9 Å². The van der Waals surface area contributed by atoms with Crippen LogP contribution in [0.5, 0.6) is 0 Å². The normalized spacial score (nSPS) is 19.6. The van der Waals surface area contributed by atoms with Crippen LogP contribution in [0.1, 0.15) is 43.2 Å². The van der Waals surface area contributed by atoms with Crippen molar-refractivity contribution in [1.29, 1.82) is 0 Å². The minimum absolute atomic E-state index is 0.684. The van der Waals surface area contributed by atoms with Gasteiger partial charge in [-0.2, -0.15) is 0 Å². The van der Waals surface area contributed by atoms with E-state index in [-0.39, 0.29) is 0 Å². The van der Waals surface area contributed by atoms with Crippen molar-refractivity contribution in [1.82, 2.24) is 10.3 Å². The average molecular weight is 297 g/mol. The van der Waals surface area contributed by atoms with Crippen LogP contribution in [0.2, 0.25) is 0 Å². The summed E-state index contributed by atoms with van der Waals surface area (Å²) in [5.41, 5.74) is 1.18. The zero-order valence-corrected chi connectivity index (χ0v) is 13.8. The van der Waals surface area contributed by atoms with Gasteiger partial charge in [0.1, 0.15) is 0 Å². The minimum Gasteiger partial charge on any atom is -0.383 e. The summed E-state index contributed by atoms with van der Waals surface area (Å²) in [7, 11) is 1.74. The van der Waals surface area contributed by atoms with Crippen LogP contribution < -0.4 is 10.2 Å². The van der Waals surface area contributed by atoms with E-state index < -0.39 is 0 Å². The van der Waals surface area contributed by atoms with Gasteiger partial charge in [0.05, 0.1) is 12.3 Å². The molecule has 0 aliphatic carbocycles. The quantitative estimate of drug-likeness (QED) is 0.785. The Morgan fingerprint density at radius 1 is 1.45 bits per heavy atom. The molecule has 1 aromatic heterocycles. The summed E-state index contributed by atoms with van der Waals surface area (Å²) >= 11 is 1.85. The number of methoxy groups -OCH3 is 1. The van der Waals surface area contributed by atoms with Crippen LogP contribution in [0, 0.1) is 6.92 Å². The minimum atomic E-state index is 0.684. The Bertz CT molecular complexity index is 408. The van der Waals surface area contributed by atoms with Crippen molar-refractivity contribution in [3.05, 3.63) is 10.6 Å². The van der Waals surface area contributed by atoms with Crippen LogP contribution in [-0.2, 0) is 11.3 Å². The molecule has 4 nitrogen and oxygen atoms in total. The van der Waals surface area contributed by atoms with Gasteiger partial charge in [-0.1, -0.05) is 6.92 Å². The van der Waals surface area contributed by atoms with Crippen LogP contribution in [0.4, 0.5) is 5.13 Å². The molecule has 1 atom stereocenters. The molecule has 0 spiro atoms. The number of rotatable bonds is 7. The summed E-state index contributed by atoms with van der Waals surface area (Å²) in [5.74, 6) is 0. The fraction of sp³-hybridized carbons (Fsp3) is 0.800. The monoisotopic (exact) mass is 297 g/mol. The van der Waals surface area contributed by atoms with Gasteiger partial charge in [-0.15, -0.1) is 11.3 Å². The highest BCUT2D eigenvalue weighted by atomic mass is 32.1. The number of aromatic nitrogens is 1. The smallest absolute Gasteiger partial charge is 0.186 e. The van der Waals surface area contributed by atoms with Crippen molar-refractivity contribution in [2.75, 3.05) is 31.7 Å². The van der Waals surface area contributed by atoms with E-state index in [4.69, 9.17) is 9.72 Å². The fourth-order valence-electron chi connectivity index (χ4n) is 2.75. The maximum atomic E-state index is 5.06. The summed E-state index contributed by atoms with van der Waals surface area (Å²) in [4.78, 5) is 8.69. The van der Waals surface area contributed by atoms with E-state index in [0.29, 0.717) is 6.04 Å². The van der Waals surface area contributed by atoms with Gasteiger partial charge in [-0.05, 0) is 32.6 Å². The first kappa shape index (κ1) is 15.7. The van der Waals surface area contributed by atoms with Crippen molar-refractivity contribution < 1.29 is 4.74 Å². The number of hydrogen-bond donors (Lipinski definition) is 1. The van der Waals surface area contributed by atoms with Crippen LogP contribution in [0.15, 0.2) is 0 Å². The highest BCUT2D eigenvalue weighted by Crippen LogP contribution is 2.31. The third-order valence-corrected chi connectivity index (χ3v) is 5.19. The van der Waals surface area contributed by atoms with E-state index in [0.717, 1.165) is 19.7 Å². The van der Waals surface area contributed by atoms with E-state index in [9.17, 15) is 0 Å². The molecule has 0 radical (unpaired) electrons. The molecule has 2 heterocycles. The molecule has 1 aliphatic rings. The third-order valence-electron chi connectivity index (χ3n) is 3.99. The van der Waals surface area contributed by atoms with Crippen LogP contribution in [-0.4, -0.2) is 37.8 Å². The molecular weight excluding hydrogens is 270 g/mol. The number of nitrogens with zero attached hydrogens (tertiary/aromatic N) is 2. The molecule has 0 bridgehead atoms. The Balaban J connectivity index is 1.98. The molecular formula is C15H27N3OS. The SMILES string of the molecule is CCC1CCCCN1c1nc(C)c(CNCCOC)s1. The van der Waals surface area contributed by atoms with Gasteiger partial charge in [0, 0.05) is 37.7 Å². The summed E-state index contributed by atoms with van der Waals surface area (Å²) < 4.78 is 5.06. The molecule has 5 heteroatoms. The lowest BCUT2D eigenvalue weighted by Gasteiger charge is -2.35. The lowest BCUT2D eigenvalue weighted by molar-refractivity contribution is 0.199. The number of thiazole rings is 1. The molecule has 1 aromatic rings. The third kappa shape index (κ3) is 3.93. The molecule has 1 unspecified atom stereocenters. The molecule has 20 heavy (non-hydrogen) atoms.